The van der Waals surface area contributed by atoms with Crippen LogP contribution >= 0.6 is 11.6 Å². The molecule has 19 heavy (non-hydrogen) atoms. The average molecular weight is 278 g/mol. The van der Waals surface area contributed by atoms with Crippen molar-refractivity contribution in [1.29, 1.82) is 5.26 Å². The third kappa shape index (κ3) is 1.80. The Balaban J connectivity index is 2.58. The van der Waals surface area contributed by atoms with Gasteiger partial charge in [-0.15, -0.1) is 0 Å². The molecule has 2 heterocycles. The van der Waals surface area contributed by atoms with E-state index in [1.807, 2.05) is 0 Å². The van der Waals surface area contributed by atoms with Crippen molar-refractivity contribution < 1.29 is 9.59 Å². The third-order valence-corrected chi connectivity index (χ3v) is 3.73. The van der Waals surface area contributed by atoms with Crippen LogP contribution in [-0.2, 0) is 0 Å². The van der Waals surface area contributed by atoms with E-state index in [1.165, 1.54) is 12.1 Å². The lowest BCUT2D eigenvalue weighted by Crippen LogP contribution is -2.52. The smallest absolute Gasteiger partial charge is 0.268 e. The van der Waals surface area contributed by atoms with E-state index in [9.17, 15) is 14.9 Å². The predicted octanol–water partition coefficient (Wildman–Crippen LogP) is 2.27. The zero-order valence-electron chi connectivity index (χ0n) is 10.8. The number of imide groups is 1. The molecule has 6 heteroatoms. The number of nitriles is 1. The van der Waals surface area contributed by atoms with Gasteiger partial charge in [-0.25, -0.2) is 4.98 Å². The van der Waals surface area contributed by atoms with Gasteiger partial charge in [-0.1, -0.05) is 25.4 Å². The molecule has 1 unspecified atom stereocenters. The van der Waals surface area contributed by atoms with Crippen LogP contribution in [0, 0.1) is 17.2 Å². The van der Waals surface area contributed by atoms with Crippen LogP contribution in [0.25, 0.3) is 0 Å². The summed E-state index contributed by atoms with van der Waals surface area (Å²) < 4.78 is 0. The zero-order chi connectivity index (χ0) is 14.4. The van der Waals surface area contributed by atoms with E-state index in [1.54, 1.807) is 20.8 Å². The number of halogens is 1. The monoisotopic (exact) mass is 277 g/mol. The van der Waals surface area contributed by atoms with E-state index in [0.29, 0.717) is 0 Å². The average Bonchev–Trinajstić information content (AvgIpc) is 2.61. The van der Waals surface area contributed by atoms with Crippen molar-refractivity contribution in [3.05, 3.63) is 28.5 Å². The molecule has 0 radical (unpaired) electrons. The van der Waals surface area contributed by atoms with E-state index in [4.69, 9.17) is 11.6 Å². The van der Waals surface area contributed by atoms with Gasteiger partial charge < -0.3 is 0 Å². The van der Waals surface area contributed by atoms with Crippen LogP contribution in [0.3, 0.4) is 0 Å². The van der Waals surface area contributed by atoms with Gasteiger partial charge in [0.1, 0.15) is 16.4 Å². The van der Waals surface area contributed by atoms with Crippen LogP contribution in [0.5, 0.6) is 0 Å². The van der Waals surface area contributed by atoms with Gasteiger partial charge >= 0.3 is 0 Å². The molecule has 1 aliphatic heterocycles. The minimum absolute atomic E-state index is 0.0135. The molecule has 98 valence electrons. The zero-order valence-corrected chi connectivity index (χ0v) is 11.5. The summed E-state index contributed by atoms with van der Waals surface area (Å²) in [5, 5.41) is 9.49. The number of fused-ring (bicyclic) bond motifs is 1. The molecular formula is C13H12ClN3O2. The van der Waals surface area contributed by atoms with E-state index in [2.05, 4.69) is 11.1 Å². The van der Waals surface area contributed by atoms with Crippen molar-refractivity contribution in [2.75, 3.05) is 0 Å². The summed E-state index contributed by atoms with van der Waals surface area (Å²) in [6.07, 6.45) is 0. The summed E-state index contributed by atoms with van der Waals surface area (Å²) in [6, 6.07) is 4.97. The van der Waals surface area contributed by atoms with Crippen molar-refractivity contribution in [2.45, 2.75) is 26.3 Å². The molecule has 0 N–H and O–H groups in total. The molecule has 0 aliphatic carbocycles. The second kappa shape index (κ2) is 4.32. The van der Waals surface area contributed by atoms with Crippen molar-refractivity contribution in [3.8, 4) is 6.07 Å². The summed E-state index contributed by atoms with van der Waals surface area (Å²) in [5.74, 6) is -1.27. The molecule has 0 fully saturated rings. The minimum atomic E-state index is -1.21. The van der Waals surface area contributed by atoms with Gasteiger partial charge in [0, 0.05) is 0 Å². The molecular weight excluding hydrogens is 266 g/mol. The Morgan fingerprint density at radius 2 is 2.00 bits per heavy atom. The molecule has 1 atom stereocenters. The lowest BCUT2D eigenvalue weighted by atomic mass is 9.88. The molecule has 2 amide bonds. The third-order valence-electron chi connectivity index (χ3n) is 3.52. The van der Waals surface area contributed by atoms with Crippen LogP contribution in [0.2, 0.25) is 5.15 Å². The quantitative estimate of drug-likeness (QED) is 0.614. The van der Waals surface area contributed by atoms with Crippen molar-refractivity contribution in [3.63, 3.8) is 0 Å². The van der Waals surface area contributed by atoms with Gasteiger partial charge in [0.05, 0.1) is 11.6 Å². The molecule has 1 aromatic rings. The number of pyridine rings is 1. The lowest BCUT2D eigenvalue weighted by Gasteiger charge is -2.34. The van der Waals surface area contributed by atoms with Crippen molar-refractivity contribution >= 4 is 23.4 Å². The number of nitrogens with zero attached hydrogens (tertiary/aromatic N) is 3. The fourth-order valence-corrected chi connectivity index (χ4v) is 2.10. The van der Waals surface area contributed by atoms with Crippen LogP contribution in [0.1, 0.15) is 41.6 Å². The first-order valence-electron chi connectivity index (χ1n) is 5.79. The number of carbonyl (C=O) groups is 2. The summed E-state index contributed by atoms with van der Waals surface area (Å²) in [4.78, 5) is 29.5. The molecule has 5 nitrogen and oxygen atoms in total. The second-order valence-corrected chi connectivity index (χ2v) is 5.28. The maximum atomic E-state index is 12.3. The molecule has 0 aromatic carbocycles. The first-order chi connectivity index (χ1) is 8.82. The molecule has 0 saturated heterocycles. The van der Waals surface area contributed by atoms with Crippen LogP contribution in [0.15, 0.2) is 12.1 Å². The summed E-state index contributed by atoms with van der Waals surface area (Å²) in [7, 11) is 0. The maximum absolute atomic E-state index is 12.3. The Morgan fingerprint density at radius 3 is 2.53 bits per heavy atom. The van der Waals surface area contributed by atoms with E-state index in [-0.39, 0.29) is 22.3 Å². The van der Waals surface area contributed by atoms with Crippen LogP contribution in [-0.4, -0.2) is 27.2 Å². The lowest BCUT2D eigenvalue weighted by molar-refractivity contribution is 0.0463. The summed E-state index contributed by atoms with van der Waals surface area (Å²) >= 11 is 5.74. The molecule has 2 rings (SSSR count). The Morgan fingerprint density at radius 1 is 1.37 bits per heavy atom. The first-order valence-corrected chi connectivity index (χ1v) is 6.17. The molecule has 0 spiro atoms. The topological polar surface area (TPSA) is 74.1 Å². The molecule has 1 aliphatic rings. The van der Waals surface area contributed by atoms with Gasteiger partial charge in [-0.3, -0.25) is 14.5 Å². The highest BCUT2D eigenvalue weighted by atomic mass is 35.5. The van der Waals surface area contributed by atoms with Crippen molar-refractivity contribution in [2.24, 2.45) is 5.92 Å². The largest absolute Gasteiger partial charge is 0.281 e. The van der Waals surface area contributed by atoms with Gasteiger partial charge in [0.25, 0.3) is 11.8 Å². The van der Waals surface area contributed by atoms with Gasteiger partial charge in [-0.2, -0.15) is 5.26 Å². The normalized spacial score (nSPS) is 17.4. The first kappa shape index (κ1) is 13.5. The van der Waals surface area contributed by atoms with Crippen LogP contribution in [0.4, 0.5) is 0 Å². The van der Waals surface area contributed by atoms with Gasteiger partial charge in [-0.05, 0) is 25.0 Å². The number of aromatic nitrogens is 1. The Hall–Kier alpha value is -1.93. The Labute approximate surface area is 115 Å². The number of hydrogen-bond donors (Lipinski definition) is 0. The summed E-state index contributed by atoms with van der Waals surface area (Å²) in [5.41, 5.74) is -1.00. The minimum Gasteiger partial charge on any atom is -0.268 e. The molecule has 0 saturated carbocycles. The highest BCUT2D eigenvalue weighted by Crippen LogP contribution is 2.33. The fraction of sp³-hybridized carbons (Fsp3) is 0.385. The Bertz CT molecular complexity index is 621. The van der Waals surface area contributed by atoms with Gasteiger partial charge in [0.15, 0.2) is 0 Å². The highest BCUT2D eigenvalue weighted by molar-refractivity contribution is 6.30. The fourth-order valence-electron chi connectivity index (χ4n) is 1.95. The standard InChI is InChI=1S/C13H12ClN3O2/c1-7(2)13(3,6-15)17-11(18)8-4-5-9(14)16-10(8)12(17)19/h4-5,7H,1-3H3. The van der Waals surface area contributed by atoms with E-state index < -0.39 is 17.4 Å². The van der Waals surface area contributed by atoms with E-state index in [0.717, 1.165) is 4.90 Å². The van der Waals surface area contributed by atoms with Gasteiger partial charge in [0.2, 0.25) is 0 Å². The molecule has 0 bridgehead atoms. The number of amides is 2. The molecule has 1 aromatic heterocycles. The second-order valence-electron chi connectivity index (χ2n) is 4.89. The maximum Gasteiger partial charge on any atom is 0.281 e. The number of carbonyl (C=O) groups excluding carboxylic acids is 2. The summed E-state index contributed by atoms with van der Waals surface area (Å²) in [6.45, 7) is 5.14. The SMILES string of the molecule is CC(C)C(C)(C#N)N1C(=O)c2ccc(Cl)nc2C1=O. The highest BCUT2D eigenvalue weighted by Gasteiger charge is 2.49. The number of hydrogen-bond acceptors (Lipinski definition) is 4. The Kier molecular flexibility index (Phi) is 3.07. The predicted molar refractivity (Wildman–Crippen MR) is 68.6 cm³/mol. The van der Waals surface area contributed by atoms with E-state index >= 15 is 0 Å². The van der Waals surface area contributed by atoms with Crippen LogP contribution < -0.4 is 0 Å². The van der Waals surface area contributed by atoms with Crippen molar-refractivity contribution in [1.82, 2.24) is 9.88 Å². The number of rotatable bonds is 2.